The first-order chi connectivity index (χ1) is 16.5. The van der Waals surface area contributed by atoms with Crippen molar-refractivity contribution >= 4 is 28.8 Å². The molecule has 0 radical (unpaired) electrons. The fourth-order valence-electron chi connectivity index (χ4n) is 3.89. The number of aliphatic hydroxyl groups excluding tert-OH is 1. The summed E-state index contributed by atoms with van der Waals surface area (Å²) in [6, 6.07) is 13.9. The van der Waals surface area contributed by atoms with E-state index in [4.69, 9.17) is 0 Å². The molecular formula is C25H17F3N2O5. The number of non-ortho nitro benzene ring substituents is 1. The molecule has 1 atom stereocenters. The number of carbonyl (C=O) groups is 2. The van der Waals surface area contributed by atoms with Crippen LogP contribution in [0.5, 0.6) is 0 Å². The quantitative estimate of drug-likeness (QED) is 0.173. The van der Waals surface area contributed by atoms with Gasteiger partial charge in [0.2, 0.25) is 0 Å². The van der Waals surface area contributed by atoms with Crippen LogP contribution in [0.1, 0.15) is 28.3 Å². The topological polar surface area (TPSA) is 101 Å². The van der Waals surface area contributed by atoms with Gasteiger partial charge in [-0.1, -0.05) is 35.9 Å². The summed E-state index contributed by atoms with van der Waals surface area (Å²) >= 11 is 0. The number of alkyl halides is 3. The number of anilines is 1. The molecule has 1 saturated heterocycles. The van der Waals surface area contributed by atoms with E-state index in [1.54, 1.807) is 12.1 Å². The van der Waals surface area contributed by atoms with Crippen molar-refractivity contribution in [3.8, 4) is 0 Å². The van der Waals surface area contributed by atoms with Crippen LogP contribution in [-0.2, 0) is 15.8 Å². The van der Waals surface area contributed by atoms with Crippen molar-refractivity contribution in [3.63, 3.8) is 0 Å². The Bertz CT molecular complexity index is 1360. The van der Waals surface area contributed by atoms with E-state index in [1.807, 2.05) is 6.92 Å². The maximum atomic E-state index is 13.3. The monoisotopic (exact) mass is 482 g/mol. The Balaban J connectivity index is 1.94. The number of rotatable bonds is 4. The van der Waals surface area contributed by atoms with E-state index < -0.39 is 40.2 Å². The van der Waals surface area contributed by atoms with Gasteiger partial charge in [0.25, 0.3) is 17.4 Å². The van der Waals surface area contributed by atoms with E-state index in [0.717, 1.165) is 40.8 Å². The third kappa shape index (κ3) is 4.37. The van der Waals surface area contributed by atoms with Crippen molar-refractivity contribution < 1.29 is 32.8 Å². The normalized spacial score (nSPS) is 17.6. The second-order valence-corrected chi connectivity index (χ2v) is 7.93. The minimum Gasteiger partial charge on any atom is -0.507 e. The summed E-state index contributed by atoms with van der Waals surface area (Å²) in [5.41, 5.74) is -0.553. The summed E-state index contributed by atoms with van der Waals surface area (Å²) in [5.74, 6) is -2.74. The summed E-state index contributed by atoms with van der Waals surface area (Å²) in [6.07, 6.45) is -4.70. The number of ketones is 1. The summed E-state index contributed by atoms with van der Waals surface area (Å²) in [6.45, 7) is 1.81. The van der Waals surface area contributed by atoms with Gasteiger partial charge in [-0.25, -0.2) is 0 Å². The molecule has 1 aliphatic heterocycles. The number of Topliss-reactive ketones (excluding diaryl/α,β-unsaturated/α-hetero) is 1. The van der Waals surface area contributed by atoms with Crippen molar-refractivity contribution in [2.75, 3.05) is 4.90 Å². The number of carbonyl (C=O) groups excluding carboxylic acids is 2. The minimum absolute atomic E-state index is 0.195. The van der Waals surface area contributed by atoms with E-state index in [1.165, 1.54) is 30.3 Å². The molecule has 1 aliphatic rings. The first kappa shape index (κ1) is 23.7. The predicted molar refractivity (Wildman–Crippen MR) is 121 cm³/mol. The molecule has 3 aromatic carbocycles. The number of aryl methyl sites for hydroxylation is 1. The van der Waals surface area contributed by atoms with Crippen LogP contribution in [0.4, 0.5) is 24.5 Å². The molecule has 0 aliphatic carbocycles. The second kappa shape index (κ2) is 8.71. The zero-order valence-electron chi connectivity index (χ0n) is 18.1. The van der Waals surface area contributed by atoms with Crippen molar-refractivity contribution in [2.24, 2.45) is 0 Å². The Labute approximate surface area is 196 Å². The van der Waals surface area contributed by atoms with Crippen LogP contribution >= 0.6 is 0 Å². The highest BCUT2D eigenvalue weighted by Crippen LogP contribution is 2.43. The van der Waals surface area contributed by atoms with Gasteiger partial charge < -0.3 is 5.11 Å². The molecule has 1 heterocycles. The summed E-state index contributed by atoms with van der Waals surface area (Å²) in [4.78, 5) is 37.4. The molecule has 4 rings (SSSR count). The minimum atomic E-state index is -4.70. The number of nitro benzene ring substituents is 1. The van der Waals surface area contributed by atoms with Gasteiger partial charge in [0, 0.05) is 23.4 Å². The maximum Gasteiger partial charge on any atom is 0.416 e. The Morgan fingerprint density at radius 3 is 2.20 bits per heavy atom. The zero-order valence-corrected chi connectivity index (χ0v) is 18.1. The highest BCUT2D eigenvalue weighted by Gasteiger charge is 2.47. The lowest BCUT2D eigenvalue weighted by Crippen LogP contribution is -2.29. The molecule has 178 valence electrons. The second-order valence-electron chi connectivity index (χ2n) is 7.93. The van der Waals surface area contributed by atoms with Crippen LogP contribution in [0.2, 0.25) is 0 Å². The van der Waals surface area contributed by atoms with Crippen LogP contribution in [0.25, 0.3) is 5.76 Å². The largest absolute Gasteiger partial charge is 0.507 e. The molecular weight excluding hydrogens is 465 g/mol. The first-order valence-corrected chi connectivity index (χ1v) is 10.3. The molecule has 0 unspecified atom stereocenters. The molecule has 1 fully saturated rings. The number of nitrogens with zero attached hydrogens (tertiary/aromatic N) is 2. The molecule has 35 heavy (non-hydrogen) atoms. The van der Waals surface area contributed by atoms with Crippen molar-refractivity contribution in [1.82, 2.24) is 0 Å². The number of amides is 1. The third-order valence-corrected chi connectivity index (χ3v) is 5.64. The van der Waals surface area contributed by atoms with Crippen LogP contribution in [0.15, 0.2) is 78.4 Å². The Morgan fingerprint density at radius 2 is 1.63 bits per heavy atom. The van der Waals surface area contributed by atoms with E-state index in [-0.39, 0.29) is 28.1 Å². The van der Waals surface area contributed by atoms with Gasteiger partial charge in [0.05, 0.1) is 22.1 Å². The van der Waals surface area contributed by atoms with Gasteiger partial charge in [0.15, 0.2) is 0 Å². The average Bonchev–Trinajstić information content (AvgIpc) is 3.09. The molecule has 10 heteroatoms. The molecule has 0 aromatic heterocycles. The van der Waals surface area contributed by atoms with Crippen LogP contribution in [-0.4, -0.2) is 21.7 Å². The average molecular weight is 482 g/mol. The number of benzene rings is 3. The molecule has 0 bridgehead atoms. The smallest absolute Gasteiger partial charge is 0.416 e. The van der Waals surface area contributed by atoms with Crippen LogP contribution < -0.4 is 4.90 Å². The lowest BCUT2D eigenvalue weighted by molar-refractivity contribution is -0.384. The third-order valence-electron chi connectivity index (χ3n) is 5.64. The number of hydrogen-bond donors (Lipinski definition) is 1. The summed E-state index contributed by atoms with van der Waals surface area (Å²) in [5, 5.41) is 22.1. The lowest BCUT2D eigenvalue weighted by atomic mass is 9.94. The van der Waals surface area contributed by atoms with E-state index >= 15 is 0 Å². The van der Waals surface area contributed by atoms with Crippen LogP contribution in [0.3, 0.4) is 0 Å². The van der Waals surface area contributed by atoms with Crippen molar-refractivity contribution in [1.29, 1.82) is 0 Å². The highest BCUT2D eigenvalue weighted by molar-refractivity contribution is 6.51. The Morgan fingerprint density at radius 1 is 1.00 bits per heavy atom. The number of nitro groups is 1. The van der Waals surface area contributed by atoms with Crippen molar-refractivity contribution in [3.05, 3.63) is 111 Å². The van der Waals surface area contributed by atoms with Crippen molar-refractivity contribution in [2.45, 2.75) is 19.1 Å². The molecule has 0 spiro atoms. The number of aliphatic hydroxyl groups is 1. The van der Waals surface area contributed by atoms with Crippen LogP contribution in [0, 0.1) is 17.0 Å². The number of halogens is 3. The molecule has 1 N–H and O–H groups in total. The predicted octanol–water partition coefficient (Wildman–Crippen LogP) is 5.55. The van der Waals surface area contributed by atoms with E-state index in [0.29, 0.717) is 0 Å². The first-order valence-electron chi connectivity index (χ1n) is 10.3. The SMILES string of the molecule is Cc1ccc(/C(O)=C2\C(=O)C(=O)N(c3cccc(C(F)(F)F)c3)[C@@H]2c2ccc([N+](=O)[O-])cc2)cc1. The summed E-state index contributed by atoms with van der Waals surface area (Å²) < 4.78 is 40.0. The lowest BCUT2D eigenvalue weighted by Gasteiger charge is -2.26. The molecule has 1 amide bonds. The zero-order chi connectivity index (χ0) is 25.5. The fraction of sp³-hybridized carbons (Fsp3) is 0.120. The highest BCUT2D eigenvalue weighted by atomic mass is 19.4. The summed E-state index contributed by atoms with van der Waals surface area (Å²) in [7, 11) is 0. The van der Waals surface area contributed by atoms with E-state index in [2.05, 4.69) is 0 Å². The van der Waals surface area contributed by atoms with Gasteiger partial charge in [-0.3, -0.25) is 24.6 Å². The number of hydrogen-bond acceptors (Lipinski definition) is 5. The van der Waals surface area contributed by atoms with Gasteiger partial charge in [-0.2, -0.15) is 13.2 Å². The van der Waals surface area contributed by atoms with E-state index in [9.17, 15) is 38.0 Å². The van der Waals surface area contributed by atoms with Gasteiger partial charge >= 0.3 is 6.18 Å². The Kier molecular flexibility index (Phi) is 5.89. The van der Waals surface area contributed by atoms with Gasteiger partial charge in [-0.15, -0.1) is 0 Å². The van der Waals surface area contributed by atoms with Gasteiger partial charge in [0.1, 0.15) is 5.76 Å². The fourth-order valence-corrected chi connectivity index (χ4v) is 3.89. The molecule has 3 aromatic rings. The molecule has 0 saturated carbocycles. The Hall–Kier alpha value is -4.47. The van der Waals surface area contributed by atoms with Gasteiger partial charge in [-0.05, 0) is 42.8 Å². The molecule has 7 nitrogen and oxygen atoms in total. The standard InChI is InChI=1S/C25H17F3N2O5/c1-14-5-7-16(8-6-14)22(31)20-21(15-9-11-18(12-10-15)30(34)35)29(24(33)23(20)32)19-4-2-3-17(13-19)25(26,27)28/h2-13,21,31H,1H3/b22-20+/t21-/m1/s1. The maximum absolute atomic E-state index is 13.3.